The first kappa shape index (κ1) is 19.5. The van der Waals surface area contributed by atoms with Gasteiger partial charge in [0.25, 0.3) is 0 Å². The Balaban J connectivity index is 1.84. The van der Waals surface area contributed by atoms with E-state index in [1.54, 1.807) is 18.9 Å². The van der Waals surface area contributed by atoms with Gasteiger partial charge in [-0.3, -0.25) is 0 Å². The first-order chi connectivity index (χ1) is 13.0. The molecule has 0 N–H and O–H groups in total. The number of para-hydroxylation sites is 2. The summed E-state index contributed by atoms with van der Waals surface area (Å²) in [4.78, 5) is 9.23. The molecule has 4 nitrogen and oxygen atoms in total. The second-order valence-electron chi connectivity index (χ2n) is 6.24. The Bertz CT molecular complexity index is 918. The molecule has 140 valence electrons. The van der Waals surface area contributed by atoms with E-state index in [2.05, 4.69) is 23.8 Å². The van der Waals surface area contributed by atoms with Crippen LogP contribution in [0.1, 0.15) is 31.0 Å². The number of methoxy groups -OCH3 is 1. The molecular formula is C21H21ClN2O2S. The van der Waals surface area contributed by atoms with Crippen LogP contribution < -0.4 is 9.47 Å². The van der Waals surface area contributed by atoms with Gasteiger partial charge in [0.15, 0.2) is 16.7 Å². The highest BCUT2D eigenvalue weighted by atomic mass is 35.5. The number of aromatic nitrogens is 2. The topological polar surface area (TPSA) is 44.2 Å². The Labute approximate surface area is 168 Å². The molecule has 2 aromatic carbocycles. The number of benzene rings is 2. The van der Waals surface area contributed by atoms with Crippen molar-refractivity contribution in [1.29, 1.82) is 0 Å². The minimum atomic E-state index is 0.263. The summed E-state index contributed by atoms with van der Waals surface area (Å²) in [5.41, 5.74) is 2.06. The summed E-state index contributed by atoms with van der Waals surface area (Å²) < 4.78 is 11.3. The van der Waals surface area contributed by atoms with Gasteiger partial charge in [-0.2, -0.15) is 4.98 Å². The summed E-state index contributed by atoms with van der Waals surface area (Å²) in [6.45, 7) is 4.20. The van der Waals surface area contributed by atoms with Crippen LogP contribution in [0.15, 0.2) is 59.8 Å². The van der Waals surface area contributed by atoms with Gasteiger partial charge in [-0.05, 0) is 35.7 Å². The molecule has 1 aromatic heterocycles. The zero-order chi connectivity index (χ0) is 19.2. The molecule has 27 heavy (non-hydrogen) atoms. The van der Waals surface area contributed by atoms with E-state index < -0.39 is 0 Å². The van der Waals surface area contributed by atoms with Crippen molar-refractivity contribution >= 4 is 23.4 Å². The molecule has 1 heterocycles. The molecule has 0 fully saturated rings. The molecule has 0 unspecified atom stereocenters. The van der Waals surface area contributed by atoms with Crippen molar-refractivity contribution in [3.63, 3.8) is 0 Å². The van der Waals surface area contributed by atoms with Gasteiger partial charge in [0.05, 0.1) is 12.8 Å². The van der Waals surface area contributed by atoms with Gasteiger partial charge in [0.2, 0.25) is 5.88 Å². The molecule has 0 aliphatic rings. The smallest absolute Gasteiger partial charge is 0.223 e. The van der Waals surface area contributed by atoms with Crippen molar-refractivity contribution in [2.75, 3.05) is 7.11 Å². The monoisotopic (exact) mass is 400 g/mol. The first-order valence-corrected chi connectivity index (χ1v) is 9.98. The molecule has 3 rings (SSSR count). The third-order valence-electron chi connectivity index (χ3n) is 3.83. The number of rotatable bonds is 7. The van der Waals surface area contributed by atoms with Crippen molar-refractivity contribution in [2.24, 2.45) is 0 Å². The molecule has 0 aliphatic heterocycles. The molecule has 0 spiro atoms. The minimum absolute atomic E-state index is 0.263. The van der Waals surface area contributed by atoms with E-state index in [-0.39, 0.29) is 5.92 Å². The van der Waals surface area contributed by atoms with Crippen molar-refractivity contribution in [3.8, 4) is 17.4 Å². The third-order valence-corrected chi connectivity index (χ3v) is 4.99. The van der Waals surface area contributed by atoms with Gasteiger partial charge >= 0.3 is 0 Å². The van der Waals surface area contributed by atoms with Crippen LogP contribution in [0.2, 0.25) is 5.02 Å². The first-order valence-electron chi connectivity index (χ1n) is 8.62. The minimum Gasteiger partial charge on any atom is -0.493 e. The largest absolute Gasteiger partial charge is 0.493 e. The molecule has 0 saturated heterocycles. The maximum atomic E-state index is 6.07. The van der Waals surface area contributed by atoms with Crippen LogP contribution in [-0.4, -0.2) is 17.1 Å². The van der Waals surface area contributed by atoms with Gasteiger partial charge in [0, 0.05) is 16.8 Å². The van der Waals surface area contributed by atoms with Crippen molar-refractivity contribution in [1.82, 2.24) is 9.97 Å². The third kappa shape index (κ3) is 5.37. The normalized spacial score (nSPS) is 10.9. The average Bonchev–Trinajstić information content (AvgIpc) is 2.67. The van der Waals surface area contributed by atoms with Gasteiger partial charge in [-0.25, -0.2) is 4.98 Å². The number of thioether (sulfide) groups is 1. The van der Waals surface area contributed by atoms with E-state index in [1.165, 1.54) is 0 Å². The Kier molecular flexibility index (Phi) is 6.58. The molecule has 6 heteroatoms. The quantitative estimate of drug-likeness (QED) is 0.341. The standard InChI is InChI=1S/C21H21ClN2O2S/c1-14(2)17-12-20(26-19-10-5-4-9-18(19)25-3)24-21(23-17)27-13-15-7-6-8-16(22)11-15/h4-12,14H,13H2,1-3H3. The van der Waals surface area contributed by atoms with Crippen LogP contribution in [0.3, 0.4) is 0 Å². The Morgan fingerprint density at radius 3 is 2.48 bits per heavy atom. The molecule has 3 aromatic rings. The van der Waals surface area contributed by atoms with E-state index in [0.29, 0.717) is 22.5 Å². The zero-order valence-electron chi connectivity index (χ0n) is 15.5. The Morgan fingerprint density at radius 1 is 1.00 bits per heavy atom. The van der Waals surface area contributed by atoms with Crippen molar-refractivity contribution < 1.29 is 9.47 Å². The second-order valence-corrected chi connectivity index (χ2v) is 7.62. The van der Waals surface area contributed by atoms with Gasteiger partial charge in [0.1, 0.15) is 0 Å². The van der Waals surface area contributed by atoms with E-state index >= 15 is 0 Å². The highest BCUT2D eigenvalue weighted by Gasteiger charge is 2.12. The van der Waals surface area contributed by atoms with Crippen LogP contribution in [0.25, 0.3) is 0 Å². The van der Waals surface area contributed by atoms with Crippen LogP contribution in [0, 0.1) is 0 Å². The number of halogens is 1. The summed E-state index contributed by atoms with van der Waals surface area (Å²) in [5, 5.41) is 1.40. The van der Waals surface area contributed by atoms with E-state index in [9.17, 15) is 0 Å². The SMILES string of the molecule is COc1ccccc1Oc1cc(C(C)C)nc(SCc2cccc(Cl)c2)n1. The predicted molar refractivity (Wildman–Crippen MR) is 110 cm³/mol. The Hall–Kier alpha value is -2.24. The molecule has 0 radical (unpaired) electrons. The van der Waals surface area contributed by atoms with Gasteiger partial charge < -0.3 is 9.47 Å². The number of hydrogen-bond donors (Lipinski definition) is 0. The summed E-state index contributed by atoms with van der Waals surface area (Å²) in [6, 6.07) is 17.2. The fourth-order valence-corrected chi connectivity index (χ4v) is 3.44. The van der Waals surface area contributed by atoms with Gasteiger partial charge in [-0.15, -0.1) is 0 Å². The fourth-order valence-electron chi connectivity index (χ4n) is 2.42. The molecule has 0 atom stereocenters. The van der Waals surface area contributed by atoms with E-state index in [0.717, 1.165) is 22.0 Å². The summed E-state index contributed by atoms with van der Waals surface area (Å²) in [7, 11) is 1.62. The predicted octanol–water partition coefficient (Wildman–Crippen LogP) is 6.35. The van der Waals surface area contributed by atoms with E-state index in [4.69, 9.17) is 21.1 Å². The molecule has 0 amide bonds. The van der Waals surface area contributed by atoms with Crippen LogP contribution in [-0.2, 0) is 5.75 Å². The molecule has 0 saturated carbocycles. The highest BCUT2D eigenvalue weighted by molar-refractivity contribution is 7.98. The summed E-state index contributed by atoms with van der Waals surface area (Å²) >= 11 is 7.62. The second kappa shape index (κ2) is 9.11. The summed E-state index contributed by atoms with van der Waals surface area (Å²) in [6.07, 6.45) is 0. The molecular weight excluding hydrogens is 380 g/mol. The van der Waals surface area contributed by atoms with Crippen LogP contribution in [0.4, 0.5) is 0 Å². The highest BCUT2D eigenvalue weighted by Crippen LogP contribution is 2.32. The van der Waals surface area contributed by atoms with Crippen molar-refractivity contribution in [3.05, 3.63) is 70.9 Å². The number of hydrogen-bond acceptors (Lipinski definition) is 5. The number of ether oxygens (including phenoxy) is 2. The molecule has 0 bridgehead atoms. The van der Waals surface area contributed by atoms with Crippen LogP contribution >= 0.6 is 23.4 Å². The Morgan fingerprint density at radius 2 is 1.78 bits per heavy atom. The zero-order valence-corrected chi connectivity index (χ0v) is 17.1. The van der Waals surface area contributed by atoms with E-state index in [1.807, 2.05) is 54.6 Å². The van der Waals surface area contributed by atoms with Crippen molar-refractivity contribution in [2.45, 2.75) is 30.7 Å². The lowest BCUT2D eigenvalue weighted by molar-refractivity contribution is 0.372. The maximum Gasteiger partial charge on any atom is 0.223 e. The summed E-state index contributed by atoms with van der Waals surface area (Å²) in [5.74, 6) is 2.79. The number of nitrogens with zero attached hydrogens (tertiary/aromatic N) is 2. The molecule has 0 aliphatic carbocycles. The lowest BCUT2D eigenvalue weighted by atomic mass is 10.1. The average molecular weight is 401 g/mol. The fraction of sp³-hybridized carbons (Fsp3) is 0.238. The van der Waals surface area contributed by atoms with Gasteiger partial charge in [-0.1, -0.05) is 61.5 Å². The van der Waals surface area contributed by atoms with Crippen LogP contribution in [0.5, 0.6) is 17.4 Å². The lowest BCUT2D eigenvalue weighted by Gasteiger charge is -2.12. The maximum absolute atomic E-state index is 6.07. The lowest BCUT2D eigenvalue weighted by Crippen LogP contribution is -2.00.